The van der Waals surface area contributed by atoms with Crippen LogP contribution in [0.3, 0.4) is 0 Å². The van der Waals surface area contributed by atoms with Crippen LogP contribution in [0.5, 0.6) is 5.75 Å². The quantitative estimate of drug-likeness (QED) is 0.114. The summed E-state index contributed by atoms with van der Waals surface area (Å²) in [7, 11) is -4.21. The molecule has 41 heavy (non-hydrogen) atoms. The monoisotopic (exact) mass is 607 g/mol. The zero-order valence-electron chi connectivity index (χ0n) is 23.3. The summed E-state index contributed by atoms with van der Waals surface area (Å²) in [5.41, 5.74) is 2.05. The topological polar surface area (TPSA) is 154 Å². The predicted octanol–water partition coefficient (Wildman–Crippen LogP) is 1.41. The standard InChI is InChI=1S/C25H39F2N5O8S/c1-20(2)24(25(33)29-34)32(41(35,36)23-5-3-22(4-6-23)40-13-9-27)10-7-21-19-31(30-28-21)11-14-38-16-18-39-17-15-37-12-8-26/h3-6,19-20,24,34H,7-18H2,1-2H3,(H,29,33)/t24-/m1/s1. The fraction of sp³-hybridized carbons (Fsp3) is 0.640. The molecule has 2 aromatic rings. The second kappa shape index (κ2) is 18.6. The smallest absolute Gasteiger partial charge is 0.262 e. The lowest BCUT2D eigenvalue weighted by Gasteiger charge is -2.31. The van der Waals surface area contributed by atoms with Gasteiger partial charge in [0.05, 0.1) is 56.8 Å². The molecule has 0 bridgehead atoms. The first-order valence-electron chi connectivity index (χ1n) is 13.2. The van der Waals surface area contributed by atoms with Gasteiger partial charge in [0.2, 0.25) is 10.0 Å². The summed E-state index contributed by atoms with van der Waals surface area (Å²) in [5, 5.41) is 17.4. The Morgan fingerprint density at radius 1 is 1.00 bits per heavy atom. The second-order valence-corrected chi connectivity index (χ2v) is 10.9. The van der Waals surface area contributed by atoms with E-state index in [2.05, 4.69) is 10.3 Å². The minimum absolute atomic E-state index is 0.0526. The van der Waals surface area contributed by atoms with Crippen molar-refractivity contribution in [2.75, 3.05) is 66.1 Å². The number of carbonyl (C=O) groups is 1. The average Bonchev–Trinajstić information content (AvgIpc) is 3.42. The zero-order valence-corrected chi connectivity index (χ0v) is 24.1. The molecule has 0 unspecified atom stereocenters. The molecule has 1 aromatic heterocycles. The third kappa shape index (κ3) is 11.6. The van der Waals surface area contributed by atoms with E-state index in [1.807, 2.05) is 0 Å². The van der Waals surface area contributed by atoms with E-state index >= 15 is 0 Å². The number of halogens is 2. The molecule has 1 aromatic carbocycles. The number of nitrogens with zero attached hydrogens (tertiary/aromatic N) is 4. The van der Waals surface area contributed by atoms with Crippen molar-refractivity contribution < 1.29 is 46.1 Å². The van der Waals surface area contributed by atoms with E-state index in [1.165, 1.54) is 24.3 Å². The van der Waals surface area contributed by atoms with Crippen LogP contribution in [0.2, 0.25) is 0 Å². The highest BCUT2D eigenvalue weighted by Gasteiger charge is 2.37. The van der Waals surface area contributed by atoms with E-state index in [0.29, 0.717) is 51.0 Å². The molecule has 0 spiro atoms. The van der Waals surface area contributed by atoms with Crippen LogP contribution in [0.1, 0.15) is 19.5 Å². The fourth-order valence-electron chi connectivity index (χ4n) is 3.78. The number of sulfonamides is 1. The number of hydrogen-bond donors (Lipinski definition) is 2. The number of alkyl halides is 2. The van der Waals surface area contributed by atoms with E-state index in [9.17, 15) is 27.2 Å². The lowest BCUT2D eigenvalue weighted by molar-refractivity contribution is -0.134. The van der Waals surface area contributed by atoms with E-state index in [4.69, 9.17) is 18.9 Å². The van der Waals surface area contributed by atoms with Gasteiger partial charge in [0, 0.05) is 19.2 Å². The number of ether oxygens (including phenoxy) is 4. The minimum atomic E-state index is -4.21. The van der Waals surface area contributed by atoms with Crippen LogP contribution in [0, 0.1) is 5.92 Å². The van der Waals surface area contributed by atoms with Crippen LogP contribution in [-0.4, -0.2) is 111 Å². The van der Waals surface area contributed by atoms with Crippen LogP contribution in [0.4, 0.5) is 8.78 Å². The third-order valence-corrected chi connectivity index (χ3v) is 7.60. The number of benzene rings is 1. The summed E-state index contributed by atoms with van der Waals surface area (Å²) in [6.07, 6.45) is 1.79. The van der Waals surface area contributed by atoms with Gasteiger partial charge in [-0.05, 0) is 30.2 Å². The molecule has 2 rings (SSSR count). The van der Waals surface area contributed by atoms with Crippen LogP contribution in [-0.2, 0) is 42.0 Å². The molecule has 0 saturated heterocycles. The van der Waals surface area contributed by atoms with Crippen molar-refractivity contribution in [1.82, 2.24) is 24.8 Å². The summed E-state index contributed by atoms with van der Waals surface area (Å²) in [6, 6.07) is 4.22. The Morgan fingerprint density at radius 3 is 2.20 bits per heavy atom. The van der Waals surface area contributed by atoms with Crippen LogP contribution in [0.15, 0.2) is 35.4 Å². The van der Waals surface area contributed by atoms with Crippen LogP contribution >= 0.6 is 0 Å². The maximum absolute atomic E-state index is 13.6. The maximum atomic E-state index is 13.6. The first-order valence-corrected chi connectivity index (χ1v) is 14.6. The molecule has 0 aliphatic heterocycles. The first-order chi connectivity index (χ1) is 19.7. The Bertz CT molecular complexity index is 1120. The molecule has 0 fully saturated rings. The van der Waals surface area contributed by atoms with Gasteiger partial charge in [-0.2, -0.15) is 4.31 Å². The van der Waals surface area contributed by atoms with Crippen molar-refractivity contribution in [2.24, 2.45) is 5.92 Å². The van der Waals surface area contributed by atoms with Gasteiger partial charge in [-0.15, -0.1) is 5.10 Å². The predicted molar refractivity (Wildman–Crippen MR) is 143 cm³/mol. The van der Waals surface area contributed by atoms with Crippen molar-refractivity contribution in [3.05, 3.63) is 36.2 Å². The Kier molecular flexibility index (Phi) is 15.6. The lowest BCUT2D eigenvalue weighted by Crippen LogP contribution is -2.52. The highest BCUT2D eigenvalue weighted by molar-refractivity contribution is 7.89. The van der Waals surface area contributed by atoms with Gasteiger partial charge in [0.1, 0.15) is 31.7 Å². The molecular formula is C25H39F2N5O8S. The van der Waals surface area contributed by atoms with Crippen molar-refractivity contribution in [2.45, 2.75) is 37.8 Å². The van der Waals surface area contributed by atoms with Gasteiger partial charge >= 0.3 is 0 Å². The Labute approximate surface area is 238 Å². The van der Waals surface area contributed by atoms with E-state index in [1.54, 1.807) is 30.2 Å². The first kappa shape index (κ1) is 34.4. The summed E-state index contributed by atoms with van der Waals surface area (Å²) in [4.78, 5) is 12.4. The second-order valence-electron chi connectivity index (χ2n) is 9.04. The number of carbonyl (C=O) groups excluding carboxylic acids is 1. The molecule has 0 aliphatic rings. The zero-order chi connectivity index (χ0) is 30.1. The Morgan fingerprint density at radius 2 is 1.61 bits per heavy atom. The molecule has 2 N–H and O–H groups in total. The molecule has 232 valence electrons. The van der Waals surface area contributed by atoms with Gasteiger partial charge in [-0.1, -0.05) is 19.1 Å². The molecule has 1 heterocycles. The number of amides is 1. The maximum Gasteiger partial charge on any atom is 0.262 e. The van der Waals surface area contributed by atoms with E-state index in [0.717, 1.165) is 4.31 Å². The van der Waals surface area contributed by atoms with Gasteiger partial charge < -0.3 is 18.9 Å². The number of rotatable bonds is 22. The van der Waals surface area contributed by atoms with Crippen LogP contribution < -0.4 is 10.2 Å². The average molecular weight is 608 g/mol. The highest BCUT2D eigenvalue weighted by Crippen LogP contribution is 2.25. The van der Waals surface area contributed by atoms with Crippen molar-refractivity contribution in [3.63, 3.8) is 0 Å². The third-order valence-electron chi connectivity index (χ3n) is 5.70. The fourth-order valence-corrected chi connectivity index (χ4v) is 5.50. The van der Waals surface area contributed by atoms with Crippen molar-refractivity contribution >= 4 is 15.9 Å². The number of hydrogen-bond acceptors (Lipinski definition) is 10. The summed E-state index contributed by atoms with van der Waals surface area (Å²) in [6.45, 7) is 3.98. The highest BCUT2D eigenvalue weighted by atomic mass is 32.2. The van der Waals surface area contributed by atoms with Crippen molar-refractivity contribution in [3.8, 4) is 5.75 Å². The molecule has 0 aliphatic carbocycles. The minimum Gasteiger partial charge on any atom is -0.491 e. The van der Waals surface area contributed by atoms with E-state index < -0.39 is 41.2 Å². The van der Waals surface area contributed by atoms with Gasteiger partial charge in [0.25, 0.3) is 5.91 Å². The number of aromatic nitrogens is 3. The van der Waals surface area contributed by atoms with Gasteiger partial charge in [-0.25, -0.2) is 27.4 Å². The summed E-state index contributed by atoms with van der Waals surface area (Å²) in [5.74, 6) is -1.05. The number of nitrogens with one attached hydrogen (secondary N) is 1. The van der Waals surface area contributed by atoms with E-state index in [-0.39, 0.29) is 31.1 Å². The molecule has 0 radical (unpaired) electrons. The Hall–Kier alpha value is -2.76. The Balaban J connectivity index is 2.00. The SMILES string of the molecule is CC(C)[C@H](C(=O)NO)N(CCc1cn(CCOCCOCCOCCF)nn1)S(=O)(=O)c1ccc(OCCF)cc1. The molecule has 13 nitrogen and oxygen atoms in total. The molecule has 16 heteroatoms. The lowest BCUT2D eigenvalue weighted by atomic mass is 10.0. The van der Waals surface area contributed by atoms with Crippen molar-refractivity contribution in [1.29, 1.82) is 0 Å². The number of hydroxylamine groups is 1. The molecule has 1 atom stereocenters. The summed E-state index contributed by atoms with van der Waals surface area (Å²) >= 11 is 0. The van der Waals surface area contributed by atoms with Gasteiger partial charge in [0.15, 0.2) is 0 Å². The molecular weight excluding hydrogens is 568 g/mol. The normalized spacial score (nSPS) is 12.7. The van der Waals surface area contributed by atoms with Crippen LogP contribution in [0.25, 0.3) is 0 Å². The molecule has 0 saturated carbocycles. The van der Waals surface area contributed by atoms with Gasteiger partial charge in [-0.3, -0.25) is 10.0 Å². The summed E-state index contributed by atoms with van der Waals surface area (Å²) < 4.78 is 75.1. The largest absolute Gasteiger partial charge is 0.491 e. The molecule has 1 amide bonds.